The Balaban J connectivity index is 2.29. The number of rotatable bonds is 7. The highest BCUT2D eigenvalue weighted by molar-refractivity contribution is 5.19. The van der Waals surface area contributed by atoms with Gasteiger partial charge in [-0.1, -0.05) is 13.3 Å². The fourth-order valence-corrected chi connectivity index (χ4v) is 1.70. The van der Waals surface area contributed by atoms with Gasteiger partial charge < -0.3 is 10.1 Å². The van der Waals surface area contributed by atoms with E-state index in [4.69, 9.17) is 4.74 Å². The summed E-state index contributed by atoms with van der Waals surface area (Å²) in [7, 11) is 0. The zero-order valence-corrected chi connectivity index (χ0v) is 11.4. The zero-order chi connectivity index (χ0) is 12.7. The molecule has 0 saturated carbocycles. The molecule has 0 aromatic carbocycles. The van der Waals surface area contributed by atoms with E-state index in [1.807, 2.05) is 19.1 Å². The van der Waals surface area contributed by atoms with Crippen molar-refractivity contribution in [1.29, 1.82) is 0 Å². The van der Waals surface area contributed by atoms with Gasteiger partial charge in [-0.15, -0.1) is 0 Å². The lowest BCUT2D eigenvalue weighted by Crippen LogP contribution is -2.34. The van der Waals surface area contributed by atoms with Crippen LogP contribution in [0.15, 0.2) is 18.3 Å². The molecule has 0 aliphatic carbocycles. The summed E-state index contributed by atoms with van der Waals surface area (Å²) in [4.78, 5) is 4.21. The third-order valence-corrected chi connectivity index (χ3v) is 2.70. The van der Waals surface area contributed by atoms with Crippen molar-refractivity contribution < 1.29 is 4.74 Å². The van der Waals surface area contributed by atoms with Crippen LogP contribution in [-0.2, 0) is 0 Å². The van der Waals surface area contributed by atoms with Gasteiger partial charge in [0, 0.05) is 18.3 Å². The number of aromatic nitrogens is 1. The van der Waals surface area contributed by atoms with Crippen LogP contribution in [0.3, 0.4) is 0 Å². The van der Waals surface area contributed by atoms with E-state index in [1.165, 1.54) is 12.8 Å². The summed E-state index contributed by atoms with van der Waals surface area (Å²) in [5.41, 5.74) is 1.01. The summed E-state index contributed by atoms with van der Waals surface area (Å²) in [5, 5.41) is 3.47. The van der Waals surface area contributed by atoms with E-state index in [1.54, 1.807) is 6.20 Å². The van der Waals surface area contributed by atoms with Crippen LogP contribution < -0.4 is 10.1 Å². The maximum Gasteiger partial charge on any atom is 0.138 e. The van der Waals surface area contributed by atoms with Crippen molar-refractivity contribution >= 4 is 0 Å². The zero-order valence-electron chi connectivity index (χ0n) is 11.4. The van der Waals surface area contributed by atoms with E-state index in [0.717, 1.165) is 18.0 Å². The Morgan fingerprint density at radius 1 is 1.35 bits per heavy atom. The molecule has 2 atom stereocenters. The average molecular weight is 236 g/mol. The topological polar surface area (TPSA) is 34.1 Å². The standard InChI is InChI=1S/C14H24N2O/c1-5-6-11(2)15-9-13(4)17-14-8-7-12(3)16-10-14/h7-8,10-11,13,15H,5-6,9H2,1-4H3. The van der Waals surface area contributed by atoms with Crippen molar-refractivity contribution in [3.05, 3.63) is 24.0 Å². The van der Waals surface area contributed by atoms with Gasteiger partial charge in [0.15, 0.2) is 0 Å². The first kappa shape index (κ1) is 14.0. The van der Waals surface area contributed by atoms with Crippen LogP contribution >= 0.6 is 0 Å². The van der Waals surface area contributed by atoms with Crippen LogP contribution in [-0.4, -0.2) is 23.7 Å². The molecule has 96 valence electrons. The molecule has 0 bridgehead atoms. The minimum Gasteiger partial charge on any atom is -0.488 e. The van der Waals surface area contributed by atoms with Crippen molar-refractivity contribution in [3.8, 4) is 5.75 Å². The molecule has 0 aliphatic rings. The Bertz CT molecular complexity index is 311. The van der Waals surface area contributed by atoms with Crippen molar-refractivity contribution in [2.24, 2.45) is 0 Å². The Kier molecular flexibility index (Phi) is 5.98. The quantitative estimate of drug-likeness (QED) is 0.790. The lowest BCUT2D eigenvalue weighted by molar-refractivity contribution is 0.210. The van der Waals surface area contributed by atoms with Crippen LogP contribution in [0, 0.1) is 6.92 Å². The molecule has 1 aromatic rings. The van der Waals surface area contributed by atoms with Crippen molar-refractivity contribution in [2.45, 2.75) is 52.7 Å². The average Bonchev–Trinajstić information content (AvgIpc) is 2.30. The fraction of sp³-hybridized carbons (Fsp3) is 0.643. The first-order chi connectivity index (χ1) is 8.11. The molecular formula is C14H24N2O. The summed E-state index contributed by atoms with van der Waals surface area (Å²) in [5.74, 6) is 0.841. The van der Waals surface area contributed by atoms with Gasteiger partial charge in [-0.05, 0) is 39.3 Å². The van der Waals surface area contributed by atoms with Gasteiger partial charge in [0.1, 0.15) is 11.9 Å². The van der Waals surface area contributed by atoms with Gasteiger partial charge in [-0.3, -0.25) is 4.98 Å². The molecule has 17 heavy (non-hydrogen) atoms. The maximum atomic E-state index is 5.77. The normalized spacial score (nSPS) is 14.4. The highest BCUT2D eigenvalue weighted by Gasteiger charge is 2.06. The molecule has 2 unspecified atom stereocenters. The van der Waals surface area contributed by atoms with E-state index in [2.05, 4.69) is 31.1 Å². The first-order valence-corrected chi connectivity index (χ1v) is 6.44. The lowest BCUT2D eigenvalue weighted by atomic mass is 10.2. The predicted molar refractivity (Wildman–Crippen MR) is 71.4 cm³/mol. The minimum absolute atomic E-state index is 0.166. The number of hydrogen-bond donors (Lipinski definition) is 1. The van der Waals surface area contributed by atoms with Gasteiger partial charge in [0.05, 0.1) is 6.20 Å². The summed E-state index contributed by atoms with van der Waals surface area (Å²) >= 11 is 0. The number of nitrogens with zero attached hydrogens (tertiary/aromatic N) is 1. The molecular weight excluding hydrogens is 212 g/mol. The summed E-state index contributed by atoms with van der Waals surface area (Å²) < 4.78 is 5.77. The van der Waals surface area contributed by atoms with Crippen LogP contribution in [0.2, 0.25) is 0 Å². The molecule has 3 nitrogen and oxygen atoms in total. The van der Waals surface area contributed by atoms with Crippen LogP contribution in [0.4, 0.5) is 0 Å². The molecule has 1 heterocycles. The van der Waals surface area contributed by atoms with Crippen LogP contribution in [0.1, 0.15) is 39.3 Å². The van der Waals surface area contributed by atoms with Crippen LogP contribution in [0.25, 0.3) is 0 Å². The van der Waals surface area contributed by atoms with Crippen molar-refractivity contribution in [3.63, 3.8) is 0 Å². The second kappa shape index (κ2) is 7.28. The summed E-state index contributed by atoms with van der Waals surface area (Å²) in [6.07, 6.45) is 4.37. The van der Waals surface area contributed by atoms with E-state index >= 15 is 0 Å². The number of pyridine rings is 1. The molecule has 3 heteroatoms. The highest BCUT2D eigenvalue weighted by atomic mass is 16.5. The van der Waals surface area contributed by atoms with Crippen molar-refractivity contribution in [2.75, 3.05) is 6.54 Å². The Labute approximate surface area is 105 Å². The third-order valence-electron chi connectivity index (χ3n) is 2.70. The maximum absolute atomic E-state index is 5.77. The smallest absolute Gasteiger partial charge is 0.138 e. The third kappa shape index (κ3) is 5.68. The van der Waals surface area contributed by atoms with Gasteiger partial charge in [0.25, 0.3) is 0 Å². The second-order valence-corrected chi connectivity index (χ2v) is 4.66. The molecule has 0 spiro atoms. The number of nitrogens with one attached hydrogen (secondary N) is 1. The molecule has 0 fully saturated rings. The van der Waals surface area contributed by atoms with Gasteiger partial charge in [-0.25, -0.2) is 0 Å². The number of ether oxygens (including phenoxy) is 1. The lowest BCUT2D eigenvalue weighted by Gasteiger charge is -2.18. The van der Waals surface area contributed by atoms with Gasteiger partial charge in [0.2, 0.25) is 0 Å². The summed E-state index contributed by atoms with van der Waals surface area (Å²) in [6, 6.07) is 4.49. The van der Waals surface area contributed by atoms with Gasteiger partial charge >= 0.3 is 0 Å². The molecule has 0 saturated heterocycles. The fourth-order valence-electron chi connectivity index (χ4n) is 1.70. The monoisotopic (exact) mass is 236 g/mol. The van der Waals surface area contributed by atoms with E-state index in [0.29, 0.717) is 6.04 Å². The SMILES string of the molecule is CCCC(C)NCC(C)Oc1ccc(C)nc1. The van der Waals surface area contributed by atoms with E-state index < -0.39 is 0 Å². The first-order valence-electron chi connectivity index (χ1n) is 6.44. The Hall–Kier alpha value is -1.09. The minimum atomic E-state index is 0.166. The Morgan fingerprint density at radius 3 is 2.71 bits per heavy atom. The Morgan fingerprint density at radius 2 is 2.12 bits per heavy atom. The molecule has 1 rings (SSSR count). The van der Waals surface area contributed by atoms with E-state index in [-0.39, 0.29) is 6.10 Å². The highest BCUT2D eigenvalue weighted by Crippen LogP contribution is 2.10. The second-order valence-electron chi connectivity index (χ2n) is 4.66. The molecule has 0 amide bonds. The number of aryl methyl sites for hydroxylation is 1. The molecule has 0 aliphatic heterocycles. The predicted octanol–water partition coefficient (Wildman–Crippen LogP) is 2.94. The summed E-state index contributed by atoms with van der Waals surface area (Å²) in [6.45, 7) is 9.33. The van der Waals surface area contributed by atoms with Crippen molar-refractivity contribution in [1.82, 2.24) is 10.3 Å². The molecule has 1 N–H and O–H groups in total. The molecule has 1 aromatic heterocycles. The largest absolute Gasteiger partial charge is 0.488 e. The van der Waals surface area contributed by atoms with Crippen LogP contribution in [0.5, 0.6) is 5.75 Å². The van der Waals surface area contributed by atoms with E-state index in [9.17, 15) is 0 Å². The number of hydrogen-bond acceptors (Lipinski definition) is 3. The van der Waals surface area contributed by atoms with Gasteiger partial charge in [-0.2, -0.15) is 0 Å². The molecule has 0 radical (unpaired) electrons.